The van der Waals surface area contributed by atoms with Crippen molar-refractivity contribution in [2.45, 2.75) is 130 Å². The number of anilines is 4. The number of nitrogens with zero attached hydrogens (tertiary/aromatic N) is 6. The van der Waals surface area contributed by atoms with Crippen LogP contribution in [-0.2, 0) is 49.5 Å². The summed E-state index contributed by atoms with van der Waals surface area (Å²) in [5.74, 6) is 1.67. The van der Waals surface area contributed by atoms with E-state index in [4.69, 9.17) is 33.2 Å². The lowest BCUT2D eigenvalue weighted by Gasteiger charge is -2.25. The highest BCUT2D eigenvalue weighted by atomic mass is 16.6. The van der Waals surface area contributed by atoms with Crippen molar-refractivity contribution in [1.29, 1.82) is 21.0 Å². The van der Waals surface area contributed by atoms with E-state index < -0.39 is 0 Å². The van der Waals surface area contributed by atoms with Crippen LogP contribution in [0.5, 0.6) is 23.0 Å². The number of fused-ring (bicyclic) bond motifs is 2. The molecule has 17 heteroatoms. The number of ether oxygens (including phenoxy) is 7. The molecule has 2 amide bonds. The number of nitriles is 4. The molecular formula is C108H114N8O9. The third-order valence-electron chi connectivity index (χ3n) is 22.4. The first kappa shape index (κ1) is 91.0. The molecule has 2 aliphatic rings. The third kappa shape index (κ3) is 26.9. The average Bonchev–Trinajstić information content (AvgIpc) is 0.780. The number of rotatable bonds is 34. The monoisotopic (exact) mass is 1670 g/mol. The number of carbonyl (C=O) groups is 2. The van der Waals surface area contributed by atoms with Crippen LogP contribution in [0.1, 0.15) is 216 Å². The van der Waals surface area contributed by atoms with Gasteiger partial charge in [-0.05, 0) is 187 Å². The molecule has 10 aromatic carbocycles. The first-order valence-electron chi connectivity index (χ1n) is 44.3. The molecule has 10 aromatic rings. The number of carbonyl (C=O) groups excluding carboxylic acids is 2. The molecule has 0 spiro atoms. The summed E-state index contributed by atoms with van der Waals surface area (Å²) in [5, 5.41) is 47.5. The molecule has 0 fully saturated rings. The largest absolute Gasteiger partial charge is 0.491 e. The van der Waals surface area contributed by atoms with Crippen molar-refractivity contribution < 1.29 is 42.7 Å². The van der Waals surface area contributed by atoms with Gasteiger partial charge in [0.2, 0.25) is 0 Å². The summed E-state index contributed by atoms with van der Waals surface area (Å²) in [4.78, 5) is 33.5. The van der Waals surface area contributed by atoms with Gasteiger partial charge < -0.3 is 53.6 Å². The van der Waals surface area contributed by atoms with E-state index in [-0.39, 0.29) is 51.5 Å². The van der Waals surface area contributed by atoms with Crippen molar-refractivity contribution >= 4 is 83.2 Å². The summed E-state index contributed by atoms with van der Waals surface area (Å²) in [6.45, 7) is 15.0. The van der Waals surface area contributed by atoms with Crippen LogP contribution in [0.4, 0.5) is 22.7 Å². The lowest BCUT2D eigenvalue weighted by atomic mass is 9.91. The van der Waals surface area contributed by atoms with E-state index in [2.05, 4.69) is 121 Å². The molecule has 0 unspecified atom stereocenters. The zero-order valence-corrected chi connectivity index (χ0v) is 72.7. The van der Waals surface area contributed by atoms with E-state index in [1.165, 1.54) is 88.4 Å². The van der Waals surface area contributed by atoms with Crippen molar-refractivity contribution in [1.82, 2.24) is 0 Å². The lowest BCUT2D eigenvalue weighted by molar-refractivity contribution is -0.118. The molecule has 1 aliphatic heterocycles. The van der Waals surface area contributed by atoms with Gasteiger partial charge in [-0.2, -0.15) is 21.0 Å². The number of nitrogens with one attached hydrogen (secondary N) is 2. The lowest BCUT2D eigenvalue weighted by Crippen LogP contribution is -2.25. The van der Waals surface area contributed by atoms with Gasteiger partial charge in [0.1, 0.15) is 36.2 Å². The zero-order valence-electron chi connectivity index (χ0n) is 72.7. The van der Waals surface area contributed by atoms with Gasteiger partial charge in [0.25, 0.3) is 11.8 Å². The fourth-order valence-corrected chi connectivity index (χ4v) is 15.7. The molecule has 1 heterocycles. The predicted octanol–water partition coefficient (Wildman–Crippen LogP) is 22.8. The van der Waals surface area contributed by atoms with Crippen LogP contribution in [0.2, 0.25) is 0 Å². The van der Waals surface area contributed by atoms with E-state index in [9.17, 15) is 30.6 Å². The Morgan fingerprint density at radius 1 is 0.336 bits per heavy atom. The topological polar surface area (TPSA) is 224 Å². The Balaban J connectivity index is 0.739. The highest BCUT2D eigenvalue weighted by Crippen LogP contribution is 2.40. The molecule has 17 nitrogen and oxygen atoms in total. The maximum absolute atomic E-state index is 14.2. The highest BCUT2D eigenvalue weighted by Gasteiger charge is 2.25. The summed E-state index contributed by atoms with van der Waals surface area (Å²) >= 11 is 0. The van der Waals surface area contributed by atoms with Crippen LogP contribution < -0.4 is 39.4 Å². The molecule has 0 saturated carbocycles. The molecule has 2 N–H and O–H groups in total. The van der Waals surface area contributed by atoms with Crippen LogP contribution in [0.25, 0.3) is 48.6 Å². The van der Waals surface area contributed by atoms with Crippen LogP contribution in [0.15, 0.2) is 194 Å². The van der Waals surface area contributed by atoms with Gasteiger partial charge in [-0.3, -0.25) is 9.59 Å². The van der Waals surface area contributed by atoms with Gasteiger partial charge >= 0.3 is 0 Å². The van der Waals surface area contributed by atoms with Crippen LogP contribution in [-0.4, -0.2) is 104 Å². The number of para-hydroxylation sites is 4. The highest BCUT2D eigenvalue weighted by molar-refractivity contribution is 5.93. The summed E-state index contributed by atoms with van der Waals surface area (Å²) < 4.78 is 45.2. The second-order valence-electron chi connectivity index (χ2n) is 31.6. The molecule has 0 radical (unpaired) electrons. The van der Waals surface area contributed by atoms with Crippen LogP contribution in [0.3, 0.4) is 0 Å². The summed E-state index contributed by atoms with van der Waals surface area (Å²) in [5.41, 5.74) is 18.3. The van der Waals surface area contributed by atoms with Crippen molar-refractivity contribution in [2.75, 3.05) is 113 Å². The maximum atomic E-state index is 14.2. The Labute approximate surface area is 738 Å². The normalized spacial score (nSPS) is 13.1. The van der Waals surface area contributed by atoms with E-state index in [0.29, 0.717) is 131 Å². The molecule has 125 heavy (non-hydrogen) atoms. The van der Waals surface area contributed by atoms with Crippen molar-refractivity contribution in [3.8, 4) is 47.3 Å². The zero-order chi connectivity index (χ0) is 87.2. The Kier molecular flexibility index (Phi) is 35.3. The number of hydrogen-bond acceptors (Lipinski definition) is 15. The standard InChI is InChI=1S/C108H114N8O9/c1-5-9-13-53-115(54-14-10-6-2)101-49-37-81(38-50-101)31-43-85-67-95(73-109)83(65-97(85)75-111)41-29-79-33-45-99(46-34-79)113-103(117)77-124-107-91-25-19-26-92(107)70-88-22-18-24-90-72-94-28-20-27-93(71-89-23-17-21-87(69-91)105(89)122-63-61-120-59-57-119-58-60-121-62-64-123-106(88)90)108(94)125-78-104(118)114-100-47-35-80(36-48-100)30-42-84-66-98(76-112)86(68-96(84)74-110)44-32-82-39-51-102(52-40-82)116(55-15-11-7-3)56-16-12-8-4/h17-52,65-68H,5-16,53-64,69-72,77-78H2,1-4H3,(H,113,117)(H,114,118)/b41-29+,42-30+,43-31+,44-32+. The van der Waals surface area contributed by atoms with Crippen LogP contribution in [0, 0.1) is 45.3 Å². The van der Waals surface area contributed by atoms with E-state index in [1.54, 1.807) is 24.3 Å². The minimum absolute atomic E-state index is 0.226. The molecule has 0 saturated heterocycles. The molecule has 0 aromatic heterocycles. The van der Waals surface area contributed by atoms with Gasteiger partial charge in [-0.15, -0.1) is 0 Å². The smallest absolute Gasteiger partial charge is 0.262 e. The Morgan fingerprint density at radius 2 is 0.592 bits per heavy atom. The third-order valence-corrected chi connectivity index (χ3v) is 22.4. The summed E-state index contributed by atoms with van der Waals surface area (Å²) in [6, 6.07) is 72.6. The molecule has 1 aliphatic carbocycles. The van der Waals surface area contributed by atoms with Gasteiger partial charge in [-0.1, -0.05) is 249 Å². The maximum Gasteiger partial charge on any atom is 0.262 e. The summed E-state index contributed by atoms with van der Waals surface area (Å²) in [7, 11) is 0. The number of unbranched alkanes of at least 4 members (excludes halogenated alkanes) is 8. The predicted molar refractivity (Wildman–Crippen MR) is 504 cm³/mol. The quantitative estimate of drug-likeness (QED) is 0.0283. The van der Waals surface area contributed by atoms with Crippen LogP contribution >= 0.6 is 0 Å². The number of hydrogen-bond donors (Lipinski definition) is 2. The second kappa shape index (κ2) is 48.5. The fourth-order valence-electron chi connectivity index (χ4n) is 15.7. The Hall–Kier alpha value is -13.3. The van der Waals surface area contributed by atoms with Crippen molar-refractivity contribution in [3.63, 3.8) is 0 Å². The first-order valence-corrected chi connectivity index (χ1v) is 44.3. The van der Waals surface area contributed by atoms with Gasteiger partial charge in [0, 0.05) is 74.6 Å². The molecule has 10 bridgehead atoms. The molecule has 12 rings (SSSR count). The molecule has 0 atom stereocenters. The van der Waals surface area contributed by atoms with Gasteiger partial charge in [-0.25, -0.2) is 0 Å². The van der Waals surface area contributed by atoms with E-state index in [0.717, 1.165) is 92.9 Å². The summed E-state index contributed by atoms with van der Waals surface area (Å²) in [6.07, 6.45) is 30.9. The van der Waals surface area contributed by atoms with E-state index >= 15 is 0 Å². The Morgan fingerprint density at radius 3 is 0.856 bits per heavy atom. The molecule has 640 valence electrons. The van der Waals surface area contributed by atoms with Gasteiger partial charge in [0.15, 0.2) is 13.2 Å². The molecular weight excluding hydrogens is 1550 g/mol. The van der Waals surface area contributed by atoms with E-state index in [1.807, 2.05) is 170 Å². The number of benzene rings is 10. The SMILES string of the molecule is CCCCCN(CCCCC)c1ccc(/C=C/c2cc(C#N)c(/C=C/c3ccc(NC(=O)COc4c5cccc4Cc4cccc6c4OCCOCCOCCOCCOc4c(cccc4Cc4cccc(c4OCC(=O)Nc4ccc(/C=C/c7cc(C#N)c(/C=C/c8ccc(N(CCCCC)CCCCC)cc8)cc7C#N)cc4)C6)C5)cc3)cc2C#N)cc1. The van der Waals surface area contributed by atoms with Gasteiger partial charge in [0.05, 0.1) is 86.2 Å². The minimum atomic E-state index is -0.371. The Bertz CT molecular complexity index is 5100. The first-order chi connectivity index (χ1) is 61.4. The van der Waals surface area contributed by atoms with Crippen molar-refractivity contribution in [2.24, 2.45) is 0 Å². The average molecular weight is 1670 g/mol. The fraction of sp³-hybridized carbons (Fsp3) is 0.315. The van der Waals surface area contributed by atoms with Crippen molar-refractivity contribution in [3.05, 3.63) is 305 Å². The minimum Gasteiger partial charge on any atom is -0.491 e. The number of amides is 2. The second-order valence-corrected chi connectivity index (χ2v) is 31.6.